The van der Waals surface area contributed by atoms with E-state index in [0.29, 0.717) is 28.9 Å². The first-order valence-electron chi connectivity index (χ1n) is 8.11. The van der Waals surface area contributed by atoms with Gasteiger partial charge in [-0.3, -0.25) is 4.79 Å². The zero-order chi connectivity index (χ0) is 18.7. The molecule has 1 aliphatic heterocycles. The summed E-state index contributed by atoms with van der Waals surface area (Å²) in [6.45, 7) is 1.19. The van der Waals surface area contributed by atoms with Crippen molar-refractivity contribution in [2.45, 2.75) is 4.90 Å². The zero-order valence-corrected chi connectivity index (χ0v) is 16.7. The third-order valence-electron chi connectivity index (χ3n) is 4.29. The van der Waals surface area contributed by atoms with Gasteiger partial charge in [-0.2, -0.15) is 4.31 Å². The van der Waals surface area contributed by atoms with E-state index in [2.05, 4.69) is 15.9 Å². The van der Waals surface area contributed by atoms with Gasteiger partial charge in [0.2, 0.25) is 10.0 Å². The first-order valence-corrected chi connectivity index (χ1v) is 10.3. The van der Waals surface area contributed by atoms with Crippen LogP contribution in [0.25, 0.3) is 0 Å². The third-order valence-corrected chi connectivity index (χ3v) is 6.70. The Balaban J connectivity index is 1.75. The molecule has 26 heavy (non-hydrogen) atoms. The van der Waals surface area contributed by atoms with Crippen molar-refractivity contribution in [1.29, 1.82) is 0 Å². The standard InChI is InChI=1S/C18H19BrN2O4S/c1-25-16-8-7-15(19)13-17(16)26(23,24)21-11-9-20(10-12-21)18(22)14-5-3-2-4-6-14/h2-8,13H,9-12H2,1H3. The topological polar surface area (TPSA) is 66.9 Å². The summed E-state index contributed by atoms with van der Waals surface area (Å²) in [4.78, 5) is 14.3. The lowest BCUT2D eigenvalue weighted by atomic mass is 10.2. The molecule has 0 unspecified atom stereocenters. The molecule has 0 aromatic heterocycles. The number of sulfonamides is 1. The average Bonchev–Trinajstić information content (AvgIpc) is 2.68. The van der Waals surface area contributed by atoms with Crippen LogP contribution in [0.2, 0.25) is 0 Å². The van der Waals surface area contributed by atoms with E-state index in [1.165, 1.54) is 17.5 Å². The molecule has 0 aliphatic carbocycles. The number of ether oxygens (including phenoxy) is 1. The van der Waals surface area contributed by atoms with Gasteiger partial charge < -0.3 is 9.64 Å². The van der Waals surface area contributed by atoms with E-state index in [0.717, 1.165) is 0 Å². The fourth-order valence-corrected chi connectivity index (χ4v) is 5.00. The minimum Gasteiger partial charge on any atom is -0.495 e. The Morgan fingerprint density at radius 1 is 1.04 bits per heavy atom. The number of hydrogen-bond acceptors (Lipinski definition) is 4. The van der Waals surface area contributed by atoms with E-state index < -0.39 is 10.0 Å². The number of nitrogens with zero attached hydrogens (tertiary/aromatic N) is 2. The van der Waals surface area contributed by atoms with E-state index >= 15 is 0 Å². The van der Waals surface area contributed by atoms with E-state index in [-0.39, 0.29) is 23.9 Å². The van der Waals surface area contributed by atoms with Gasteiger partial charge in [0.15, 0.2) is 0 Å². The number of carbonyl (C=O) groups is 1. The zero-order valence-electron chi connectivity index (χ0n) is 14.3. The van der Waals surface area contributed by atoms with Gasteiger partial charge in [0, 0.05) is 36.2 Å². The monoisotopic (exact) mass is 438 g/mol. The molecule has 1 saturated heterocycles. The van der Waals surface area contributed by atoms with Crippen LogP contribution in [0.3, 0.4) is 0 Å². The van der Waals surface area contributed by atoms with Gasteiger partial charge in [-0.15, -0.1) is 0 Å². The van der Waals surface area contributed by atoms with Gasteiger partial charge in [0.05, 0.1) is 7.11 Å². The van der Waals surface area contributed by atoms with Crippen molar-refractivity contribution in [3.8, 4) is 5.75 Å². The molecule has 138 valence electrons. The summed E-state index contributed by atoms with van der Waals surface area (Å²) < 4.78 is 33.2. The highest BCUT2D eigenvalue weighted by Crippen LogP contribution is 2.30. The lowest BCUT2D eigenvalue weighted by molar-refractivity contribution is 0.0698. The Morgan fingerprint density at radius 3 is 2.31 bits per heavy atom. The molecule has 0 N–H and O–H groups in total. The second-order valence-corrected chi connectivity index (χ2v) is 8.68. The molecule has 3 rings (SSSR count). The Kier molecular flexibility index (Phi) is 5.64. The smallest absolute Gasteiger partial charge is 0.253 e. The predicted octanol–water partition coefficient (Wildman–Crippen LogP) is 2.60. The molecule has 1 heterocycles. The summed E-state index contributed by atoms with van der Waals surface area (Å²) in [5.41, 5.74) is 0.609. The van der Waals surface area contributed by atoms with Crippen molar-refractivity contribution < 1.29 is 17.9 Å². The first kappa shape index (κ1) is 18.9. The maximum Gasteiger partial charge on any atom is 0.253 e. The fourth-order valence-electron chi connectivity index (χ4n) is 2.89. The molecule has 0 radical (unpaired) electrons. The highest BCUT2D eigenvalue weighted by molar-refractivity contribution is 9.10. The number of hydrogen-bond donors (Lipinski definition) is 0. The van der Waals surface area contributed by atoms with Crippen molar-refractivity contribution in [2.75, 3.05) is 33.3 Å². The Labute approximate surface area is 161 Å². The van der Waals surface area contributed by atoms with Crippen molar-refractivity contribution in [3.63, 3.8) is 0 Å². The summed E-state index contributed by atoms with van der Waals surface area (Å²) in [5, 5.41) is 0. The van der Waals surface area contributed by atoms with E-state index in [4.69, 9.17) is 4.74 Å². The van der Waals surface area contributed by atoms with Crippen molar-refractivity contribution in [3.05, 3.63) is 58.6 Å². The summed E-state index contributed by atoms with van der Waals surface area (Å²) in [6, 6.07) is 13.9. The number of rotatable bonds is 4. The van der Waals surface area contributed by atoms with Crippen LogP contribution >= 0.6 is 15.9 Å². The maximum atomic E-state index is 13.0. The Hall–Kier alpha value is -1.90. The van der Waals surface area contributed by atoms with E-state index in [1.54, 1.807) is 29.2 Å². The third kappa shape index (κ3) is 3.77. The van der Waals surface area contributed by atoms with E-state index in [9.17, 15) is 13.2 Å². The van der Waals surface area contributed by atoms with Crippen molar-refractivity contribution >= 4 is 31.9 Å². The van der Waals surface area contributed by atoms with Gasteiger partial charge in [-0.05, 0) is 30.3 Å². The quantitative estimate of drug-likeness (QED) is 0.735. The van der Waals surface area contributed by atoms with Crippen LogP contribution in [-0.4, -0.2) is 56.8 Å². The van der Waals surface area contributed by atoms with Crippen LogP contribution in [0, 0.1) is 0 Å². The van der Waals surface area contributed by atoms with E-state index in [1.807, 2.05) is 18.2 Å². The molecule has 0 atom stereocenters. The minimum absolute atomic E-state index is 0.0808. The Bertz CT molecular complexity index is 895. The fraction of sp³-hybridized carbons (Fsp3) is 0.278. The predicted molar refractivity (Wildman–Crippen MR) is 102 cm³/mol. The average molecular weight is 439 g/mol. The molecule has 0 saturated carbocycles. The van der Waals surface area contributed by atoms with Crippen LogP contribution in [-0.2, 0) is 10.0 Å². The number of methoxy groups -OCH3 is 1. The van der Waals surface area contributed by atoms with Crippen LogP contribution in [0.5, 0.6) is 5.75 Å². The summed E-state index contributed by atoms with van der Waals surface area (Å²) in [6.07, 6.45) is 0. The molecule has 6 nitrogen and oxygen atoms in total. The van der Waals surface area contributed by atoms with Crippen LogP contribution in [0.1, 0.15) is 10.4 Å². The molecule has 8 heteroatoms. The number of piperazine rings is 1. The second kappa shape index (κ2) is 7.77. The van der Waals surface area contributed by atoms with Crippen molar-refractivity contribution in [2.24, 2.45) is 0 Å². The highest BCUT2D eigenvalue weighted by atomic mass is 79.9. The molecule has 2 aromatic rings. The normalized spacial score (nSPS) is 15.7. The SMILES string of the molecule is COc1ccc(Br)cc1S(=O)(=O)N1CCN(C(=O)c2ccccc2)CC1. The molecule has 0 spiro atoms. The highest BCUT2D eigenvalue weighted by Gasteiger charge is 2.32. The molecule has 1 fully saturated rings. The van der Waals surface area contributed by atoms with Gasteiger partial charge in [-0.1, -0.05) is 34.1 Å². The second-order valence-electron chi connectivity index (χ2n) is 5.86. The first-order chi connectivity index (χ1) is 12.4. The van der Waals surface area contributed by atoms with Crippen molar-refractivity contribution in [1.82, 2.24) is 9.21 Å². The lowest BCUT2D eigenvalue weighted by Crippen LogP contribution is -2.50. The number of benzene rings is 2. The van der Waals surface area contributed by atoms with Crippen LogP contribution < -0.4 is 4.74 Å². The number of amides is 1. The molecule has 0 bridgehead atoms. The molecule has 1 aliphatic rings. The van der Waals surface area contributed by atoms with Gasteiger partial charge in [-0.25, -0.2) is 8.42 Å². The van der Waals surface area contributed by atoms with Gasteiger partial charge in [0.25, 0.3) is 5.91 Å². The number of halogens is 1. The summed E-state index contributed by atoms with van der Waals surface area (Å²) in [7, 11) is -2.26. The largest absolute Gasteiger partial charge is 0.495 e. The summed E-state index contributed by atoms with van der Waals surface area (Å²) in [5.74, 6) is 0.221. The Morgan fingerprint density at radius 2 is 1.69 bits per heavy atom. The van der Waals surface area contributed by atoms with Gasteiger partial charge >= 0.3 is 0 Å². The van der Waals surface area contributed by atoms with Crippen LogP contribution in [0.4, 0.5) is 0 Å². The minimum atomic E-state index is -3.70. The van der Waals surface area contributed by atoms with Gasteiger partial charge in [0.1, 0.15) is 10.6 Å². The molecular formula is C18H19BrN2O4S. The molecular weight excluding hydrogens is 420 g/mol. The van der Waals surface area contributed by atoms with Crippen LogP contribution in [0.15, 0.2) is 57.9 Å². The maximum absolute atomic E-state index is 13.0. The molecule has 2 aromatic carbocycles. The number of carbonyl (C=O) groups excluding carboxylic acids is 1. The molecule has 1 amide bonds. The lowest BCUT2D eigenvalue weighted by Gasteiger charge is -2.34. The summed E-state index contributed by atoms with van der Waals surface area (Å²) >= 11 is 3.31.